The topological polar surface area (TPSA) is 43.7 Å². The Hall–Kier alpha value is -0.120. The maximum Gasteiger partial charge on any atom is 0.0664 e. The summed E-state index contributed by atoms with van der Waals surface area (Å²) in [5, 5.41) is 19.2. The lowest BCUT2D eigenvalue weighted by Crippen LogP contribution is -2.38. The fourth-order valence-corrected chi connectivity index (χ4v) is 1.49. The molecular formula is C12H27NO2. The van der Waals surface area contributed by atoms with Crippen molar-refractivity contribution in [2.75, 3.05) is 19.6 Å². The third-order valence-electron chi connectivity index (χ3n) is 2.71. The Morgan fingerprint density at radius 3 is 1.73 bits per heavy atom. The fourth-order valence-electron chi connectivity index (χ4n) is 1.49. The summed E-state index contributed by atoms with van der Waals surface area (Å²) in [4.78, 5) is 2.17. The lowest BCUT2D eigenvalue weighted by Gasteiger charge is -2.26. The molecule has 0 spiro atoms. The fraction of sp³-hybridized carbons (Fsp3) is 1.00. The molecule has 0 saturated heterocycles. The Morgan fingerprint density at radius 1 is 0.933 bits per heavy atom. The second-order valence-electron chi connectivity index (χ2n) is 4.24. The second-order valence-corrected chi connectivity index (χ2v) is 4.24. The standard InChI is InChI=1S/C12H27NO2/c1-4-7-8-13(9-11(14)5-2)10-12(15)6-3/h11-12,14-15H,4-10H2,1-3H3. The van der Waals surface area contributed by atoms with Gasteiger partial charge in [-0.2, -0.15) is 0 Å². The summed E-state index contributed by atoms with van der Waals surface area (Å²) in [5.41, 5.74) is 0. The first-order chi connectivity index (χ1) is 7.13. The monoisotopic (exact) mass is 217 g/mol. The van der Waals surface area contributed by atoms with Gasteiger partial charge in [0.2, 0.25) is 0 Å². The van der Waals surface area contributed by atoms with Crippen molar-refractivity contribution in [3.05, 3.63) is 0 Å². The van der Waals surface area contributed by atoms with Crippen molar-refractivity contribution < 1.29 is 10.2 Å². The van der Waals surface area contributed by atoms with E-state index in [9.17, 15) is 10.2 Å². The third-order valence-corrected chi connectivity index (χ3v) is 2.71. The van der Waals surface area contributed by atoms with Gasteiger partial charge in [-0.05, 0) is 25.8 Å². The first-order valence-electron chi connectivity index (χ1n) is 6.22. The van der Waals surface area contributed by atoms with Crippen molar-refractivity contribution in [1.82, 2.24) is 4.90 Å². The predicted molar refractivity (Wildman–Crippen MR) is 63.9 cm³/mol. The molecule has 0 saturated carbocycles. The van der Waals surface area contributed by atoms with Gasteiger partial charge in [0.05, 0.1) is 12.2 Å². The van der Waals surface area contributed by atoms with Gasteiger partial charge in [0.25, 0.3) is 0 Å². The Morgan fingerprint density at radius 2 is 1.40 bits per heavy atom. The Bertz CT molecular complexity index is 130. The van der Waals surface area contributed by atoms with Crippen LogP contribution in [0.5, 0.6) is 0 Å². The molecule has 0 aromatic carbocycles. The predicted octanol–water partition coefficient (Wildman–Crippen LogP) is 1.63. The van der Waals surface area contributed by atoms with E-state index in [1.54, 1.807) is 0 Å². The largest absolute Gasteiger partial charge is 0.392 e. The molecule has 0 aliphatic heterocycles. The SMILES string of the molecule is CCCCN(CC(O)CC)CC(O)CC. The number of hydrogen-bond acceptors (Lipinski definition) is 3. The van der Waals surface area contributed by atoms with Gasteiger partial charge in [0.1, 0.15) is 0 Å². The molecule has 0 fully saturated rings. The summed E-state index contributed by atoms with van der Waals surface area (Å²) in [6.45, 7) is 8.48. The molecule has 3 nitrogen and oxygen atoms in total. The zero-order valence-electron chi connectivity index (χ0n) is 10.4. The van der Waals surface area contributed by atoms with E-state index >= 15 is 0 Å². The van der Waals surface area contributed by atoms with Crippen LogP contribution in [0.1, 0.15) is 46.5 Å². The molecule has 3 heteroatoms. The van der Waals surface area contributed by atoms with Crippen LogP contribution in [0.4, 0.5) is 0 Å². The molecule has 0 aromatic heterocycles. The van der Waals surface area contributed by atoms with Crippen LogP contribution >= 0.6 is 0 Å². The maximum atomic E-state index is 9.59. The van der Waals surface area contributed by atoms with Gasteiger partial charge < -0.3 is 10.2 Å². The van der Waals surface area contributed by atoms with Gasteiger partial charge in [0.15, 0.2) is 0 Å². The number of aliphatic hydroxyl groups is 2. The average molecular weight is 217 g/mol. The van der Waals surface area contributed by atoms with Gasteiger partial charge in [-0.15, -0.1) is 0 Å². The van der Waals surface area contributed by atoms with Crippen molar-refractivity contribution in [2.45, 2.75) is 58.7 Å². The van der Waals surface area contributed by atoms with E-state index in [0.29, 0.717) is 13.1 Å². The molecule has 0 amide bonds. The normalized spacial score (nSPS) is 15.6. The van der Waals surface area contributed by atoms with Gasteiger partial charge in [-0.1, -0.05) is 27.2 Å². The van der Waals surface area contributed by atoms with Crippen LogP contribution in [0, 0.1) is 0 Å². The van der Waals surface area contributed by atoms with Crippen LogP contribution in [-0.2, 0) is 0 Å². The van der Waals surface area contributed by atoms with Crippen LogP contribution < -0.4 is 0 Å². The number of rotatable bonds is 9. The highest BCUT2D eigenvalue weighted by Gasteiger charge is 2.13. The minimum atomic E-state index is -0.258. The molecule has 0 aliphatic rings. The van der Waals surface area contributed by atoms with E-state index in [1.165, 1.54) is 0 Å². The smallest absolute Gasteiger partial charge is 0.0664 e. The zero-order valence-corrected chi connectivity index (χ0v) is 10.4. The number of nitrogens with zero attached hydrogens (tertiary/aromatic N) is 1. The summed E-state index contributed by atoms with van der Waals surface area (Å²) in [7, 11) is 0. The Balaban J connectivity index is 3.93. The van der Waals surface area contributed by atoms with Crippen LogP contribution in [-0.4, -0.2) is 47.0 Å². The molecule has 2 N–H and O–H groups in total. The number of aliphatic hydroxyl groups excluding tert-OH is 2. The molecule has 0 radical (unpaired) electrons. The second kappa shape index (κ2) is 9.13. The molecule has 15 heavy (non-hydrogen) atoms. The van der Waals surface area contributed by atoms with Crippen molar-refractivity contribution >= 4 is 0 Å². The first-order valence-corrected chi connectivity index (χ1v) is 6.22. The van der Waals surface area contributed by atoms with Gasteiger partial charge in [0, 0.05) is 13.1 Å². The van der Waals surface area contributed by atoms with Crippen molar-refractivity contribution in [3.63, 3.8) is 0 Å². The lowest BCUT2D eigenvalue weighted by molar-refractivity contribution is 0.0657. The Kier molecular flexibility index (Phi) is 9.06. The van der Waals surface area contributed by atoms with Crippen LogP contribution in [0.2, 0.25) is 0 Å². The maximum absolute atomic E-state index is 9.59. The molecule has 0 bridgehead atoms. The zero-order chi connectivity index (χ0) is 11.7. The summed E-state index contributed by atoms with van der Waals surface area (Å²) in [5.74, 6) is 0. The summed E-state index contributed by atoms with van der Waals surface area (Å²) in [6.07, 6.45) is 3.33. The molecule has 0 rings (SSSR count). The highest BCUT2D eigenvalue weighted by molar-refractivity contribution is 4.67. The van der Waals surface area contributed by atoms with Crippen molar-refractivity contribution in [1.29, 1.82) is 0 Å². The minimum absolute atomic E-state index is 0.258. The molecule has 2 unspecified atom stereocenters. The summed E-state index contributed by atoms with van der Waals surface area (Å²) in [6, 6.07) is 0. The average Bonchev–Trinajstić information content (AvgIpc) is 2.25. The molecule has 2 atom stereocenters. The van der Waals surface area contributed by atoms with Crippen LogP contribution in [0.15, 0.2) is 0 Å². The summed E-state index contributed by atoms with van der Waals surface area (Å²) < 4.78 is 0. The molecule has 0 aromatic rings. The van der Waals surface area contributed by atoms with E-state index in [2.05, 4.69) is 11.8 Å². The van der Waals surface area contributed by atoms with Gasteiger partial charge >= 0.3 is 0 Å². The highest BCUT2D eigenvalue weighted by atomic mass is 16.3. The Labute approximate surface area is 94.1 Å². The third kappa shape index (κ3) is 7.77. The highest BCUT2D eigenvalue weighted by Crippen LogP contribution is 2.03. The van der Waals surface area contributed by atoms with E-state index in [1.807, 2.05) is 13.8 Å². The first kappa shape index (κ1) is 14.9. The van der Waals surface area contributed by atoms with Crippen LogP contribution in [0.3, 0.4) is 0 Å². The molecule has 92 valence electrons. The molecule has 0 aliphatic carbocycles. The minimum Gasteiger partial charge on any atom is -0.392 e. The van der Waals surface area contributed by atoms with E-state index in [0.717, 1.165) is 32.2 Å². The molecule has 0 heterocycles. The van der Waals surface area contributed by atoms with E-state index in [4.69, 9.17) is 0 Å². The van der Waals surface area contributed by atoms with Crippen molar-refractivity contribution in [3.8, 4) is 0 Å². The number of hydrogen-bond donors (Lipinski definition) is 2. The van der Waals surface area contributed by atoms with Crippen molar-refractivity contribution in [2.24, 2.45) is 0 Å². The summed E-state index contributed by atoms with van der Waals surface area (Å²) >= 11 is 0. The van der Waals surface area contributed by atoms with Gasteiger partial charge in [-0.25, -0.2) is 0 Å². The number of unbranched alkanes of at least 4 members (excludes halogenated alkanes) is 1. The van der Waals surface area contributed by atoms with Crippen LogP contribution in [0.25, 0.3) is 0 Å². The molecular weight excluding hydrogens is 190 g/mol. The lowest BCUT2D eigenvalue weighted by atomic mass is 10.2. The quantitative estimate of drug-likeness (QED) is 0.617. The van der Waals surface area contributed by atoms with E-state index in [-0.39, 0.29) is 12.2 Å². The van der Waals surface area contributed by atoms with E-state index < -0.39 is 0 Å². The van der Waals surface area contributed by atoms with Gasteiger partial charge in [-0.3, -0.25) is 4.90 Å².